The SMILES string of the molecule is Fc1ccc(CNc2cc(C(F)F)nc(C3CC3)n2)cc1. The van der Waals surface area contributed by atoms with Crippen molar-refractivity contribution >= 4 is 5.82 Å². The maximum absolute atomic E-state index is 12.9. The summed E-state index contributed by atoms with van der Waals surface area (Å²) in [5.41, 5.74) is 0.593. The van der Waals surface area contributed by atoms with Crippen LogP contribution in [0.4, 0.5) is 19.0 Å². The molecule has 1 aromatic carbocycles. The van der Waals surface area contributed by atoms with E-state index in [1.54, 1.807) is 12.1 Å². The Labute approximate surface area is 120 Å². The van der Waals surface area contributed by atoms with Crippen molar-refractivity contribution in [2.45, 2.75) is 31.7 Å². The second-order valence-corrected chi connectivity index (χ2v) is 5.09. The maximum Gasteiger partial charge on any atom is 0.280 e. The van der Waals surface area contributed by atoms with Crippen LogP contribution in [0, 0.1) is 5.82 Å². The summed E-state index contributed by atoms with van der Waals surface area (Å²) >= 11 is 0. The van der Waals surface area contributed by atoms with Gasteiger partial charge in [-0.25, -0.2) is 23.1 Å². The second-order valence-electron chi connectivity index (χ2n) is 5.09. The summed E-state index contributed by atoms with van der Waals surface area (Å²) in [7, 11) is 0. The van der Waals surface area contributed by atoms with Gasteiger partial charge in [-0.3, -0.25) is 0 Å². The van der Waals surface area contributed by atoms with Gasteiger partial charge in [0.1, 0.15) is 23.2 Å². The smallest absolute Gasteiger partial charge is 0.280 e. The molecule has 1 aromatic heterocycles. The number of aromatic nitrogens is 2. The first-order chi connectivity index (χ1) is 10.1. The summed E-state index contributed by atoms with van der Waals surface area (Å²) < 4.78 is 38.5. The number of halogens is 3. The highest BCUT2D eigenvalue weighted by atomic mass is 19.3. The summed E-state index contributed by atoms with van der Waals surface area (Å²) in [5.74, 6) is 0.757. The van der Waals surface area contributed by atoms with E-state index in [2.05, 4.69) is 15.3 Å². The van der Waals surface area contributed by atoms with Crippen LogP contribution >= 0.6 is 0 Å². The van der Waals surface area contributed by atoms with Crippen molar-refractivity contribution in [3.05, 3.63) is 53.2 Å². The van der Waals surface area contributed by atoms with Crippen LogP contribution in [0.3, 0.4) is 0 Å². The van der Waals surface area contributed by atoms with E-state index in [1.165, 1.54) is 18.2 Å². The minimum atomic E-state index is -2.61. The summed E-state index contributed by atoms with van der Waals surface area (Å²) in [6.07, 6.45) is -0.717. The highest BCUT2D eigenvalue weighted by molar-refractivity contribution is 5.38. The summed E-state index contributed by atoms with van der Waals surface area (Å²) in [6.45, 7) is 0.393. The summed E-state index contributed by atoms with van der Waals surface area (Å²) in [6, 6.07) is 7.26. The topological polar surface area (TPSA) is 37.8 Å². The fourth-order valence-electron chi connectivity index (χ4n) is 2.01. The molecule has 3 nitrogen and oxygen atoms in total. The van der Waals surface area contributed by atoms with Gasteiger partial charge >= 0.3 is 0 Å². The summed E-state index contributed by atoms with van der Waals surface area (Å²) in [5, 5.41) is 2.99. The molecule has 2 aromatic rings. The van der Waals surface area contributed by atoms with E-state index >= 15 is 0 Å². The van der Waals surface area contributed by atoms with Gasteiger partial charge in [0.25, 0.3) is 6.43 Å². The number of nitrogens with one attached hydrogen (secondary N) is 1. The predicted octanol–water partition coefficient (Wildman–Crippen LogP) is 4.04. The Morgan fingerprint density at radius 2 is 1.86 bits per heavy atom. The first kappa shape index (κ1) is 13.9. The third kappa shape index (κ3) is 3.51. The lowest BCUT2D eigenvalue weighted by atomic mass is 10.2. The molecular weight excluding hydrogens is 279 g/mol. The molecule has 1 heterocycles. The molecule has 0 saturated heterocycles. The largest absolute Gasteiger partial charge is 0.366 e. The Bertz CT molecular complexity index is 604. The quantitative estimate of drug-likeness (QED) is 0.904. The first-order valence-corrected chi connectivity index (χ1v) is 6.77. The fraction of sp³-hybridized carbons (Fsp3) is 0.333. The first-order valence-electron chi connectivity index (χ1n) is 6.77. The maximum atomic E-state index is 12.9. The van der Waals surface area contributed by atoms with E-state index in [9.17, 15) is 13.2 Å². The van der Waals surface area contributed by atoms with Crippen molar-refractivity contribution in [3.63, 3.8) is 0 Å². The molecule has 0 unspecified atom stereocenters. The molecule has 0 atom stereocenters. The van der Waals surface area contributed by atoms with E-state index in [1.807, 2.05) is 0 Å². The Morgan fingerprint density at radius 3 is 2.48 bits per heavy atom. The van der Waals surface area contributed by atoms with Crippen LogP contribution in [0.1, 0.15) is 42.3 Å². The van der Waals surface area contributed by atoms with E-state index < -0.39 is 6.43 Å². The van der Waals surface area contributed by atoms with Gasteiger partial charge in [0, 0.05) is 18.5 Å². The number of rotatable bonds is 5. The van der Waals surface area contributed by atoms with E-state index in [0.29, 0.717) is 18.2 Å². The van der Waals surface area contributed by atoms with Gasteiger partial charge in [0.2, 0.25) is 0 Å². The highest BCUT2D eigenvalue weighted by Gasteiger charge is 2.28. The van der Waals surface area contributed by atoms with Crippen LogP contribution in [0.2, 0.25) is 0 Å². The van der Waals surface area contributed by atoms with Crippen molar-refractivity contribution < 1.29 is 13.2 Å². The number of nitrogens with zero attached hydrogens (tertiary/aromatic N) is 2. The molecule has 0 radical (unpaired) electrons. The molecule has 21 heavy (non-hydrogen) atoms. The fourth-order valence-corrected chi connectivity index (χ4v) is 2.01. The Kier molecular flexibility index (Phi) is 3.77. The molecule has 1 aliphatic rings. The van der Waals surface area contributed by atoms with Gasteiger partial charge in [-0.2, -0.15) is 0 Å². The van der Waals surface area contributed by atoms with E-state index in [0.717, 1.165) is 18.4 Å². The van der Waals surface area contributed by atoms with Crippen molar-refractivity contribution in [2.75, 3.05) is 5.32 Å². The average Bonchev–Trinajstić information content (AvgIpc) is 3.31. The monoisotopic (exact) mass is 293 g/mol. The normalized spacial score (nSPS) is 14.5. The van der Waals surface area contributed by atoms with Crippen LogP contribution in [0.5, 0.6) is 0 Å². The molecule has 110 valence electrons. The Morgan fingerprint density at radius 1 is 1.14 bits per heavy atom. The van der Waals surface area contributed by atoms with Gasteiger partial charge in [-0.1, -0.05) is 12.1 Å². The highest BCUT2D eigenvalue weighted by Crippen LogP contribution is 2.39. The van der Waals surface area contributed by atoms with Gasteiger partial charge in [-0.15, -0.1) is 0 Å². The van der Waals surface area contributed by atoms with Crippen LogP contribution in [0.25, 0.3) is 0 Å². The molecule has 1 N–H and O–H groups in total. The zero-order chi connectivity index (χ0) is 14.8. The van der Waals surface area contributed by atoms with Crippen molar-refractivity contribution in [2.24, 2.45) is 0 Å². The molecule has 0 aliphatic heterocycles. The molecule has 3 rings (SSSR count). The van der Waals surface area contributed by atoms with Crippen LogP contribution in [-0.4, -0.2) is 9.97 Å². The van der Waals surface area contributed by atoms with Crippen LogP contribution < -0.4 is 5.32 Å². The Balaban J connectivity index is 1.76. The molecule has 0 spiro atoms. The van der Waals surface area contributed by atoms with Crippen LogP contribution in [-0.2, 0) is 6.54 Å². The molecule has 1 aliphatic carbocycles. The number of hydrogen-bond acceptors (Lipinski definition) is 3. The predicted molar refractivity (Wildman–Crippen MR) is 72.7 cm³/mol. The standard InChI is InChI=1S/C15H14F3N3/c16-11-5-1-9(2-6-11)8-19-13-7-12(14(17)18)20-15(21-13)10-3-4-10/h1-2,5-7,10,14H,3-4,8H2,(H,19,20,21). The number of alkyl halides is 2. The lowest BCUT2D eigenvalue weighted by Crippen LogP contribution is -2.06. The third-order valence-electron chi connectivity index (χ3n) is 3.32. The third-order valence-corrected chi connectivity index (χ3v) is 3.32. The molecule has 6 heteroatoms. The molecular formula is C15H14F3N3. The minimum Gasteiger partial charge on any atom is -0.366 e. The minimum absolute atomic E-state index is 0.204. The molecule has 0 amide bonds. The van der Waals surface area contributed by atoms with E-state index in [4.69, 9.17) is 0 Å². The van der Waals surface area contributed by atoms with Gasteiger partial charge in [-0.05, 0) is 30.5 Å². The lowest BCUT2D eigenvalue weighted by molar-refractivity contribution is 0.145. The summed E-state index contributed by atoms with van der Waals surface area (Å²) in [4.78, 5) is 8.19. The number of anilines is 1. The Hall–Kier alpha value is -2.11. The second kappa shape index (κ2) is 5.71. The van der Waals surface area contributed by atoms with Crippen LogP contribution in [0.15, 0.2) is 30.3 Å². The zero-order valence-corrected chi connectivity index (χ0v) is 11.2. The van der Waals surface area contributed by atoms with Crippen molar-refractivity contribution in [1.29, 1.82) is 0 Å². The van der Waals surface area contributed by atoms with Crippen molar-refractivity contribution in [3.8, 4) is 0 Å². The lowest BCUT2D eigenvalue weighted by Gasteiger charge is -2.09. The zero-order valence-electron chi connectivity index (χ0n) is 11.2. The van der Waals surface area contributed by atoms with E-state index in [-0.39, 0.29) is 17.4 Å². The molecule has 1 saturated carbocycles. The van der Waals surface area contributed by atoms with Gasteiger partial charge in [0.05, 0.1) is 0 Å². The number of hydrogen-bond donors (Lipinski definition) is 1. The number of benzene rings is 1. The van der Waals surface area contributed by atoms with Crippen molar-refractivity contribution in [1.82, 2.24) is 9.97 Å². The average molecular weight is 293 g/mol. The molecule has 1 fully saturated rings. The van der Waals surface area contributed by atoms with Gasteiger partial charge in [0.15, 0.2) is 0 Å². The molecule has 0 bridgehead atoms. The van der Waals surface area contributed by atoms with Gasteiger partial charge < -0.3 is 5.32 Å².